The number of hydrogen-bond acceptors (Lipinski definition) is 7. The van der Waals surface area contributed by atoms with E-state index in [2.05, 4.69) is 23.3 Å². The molecule has 0 aliphatic heterocycles. The van der Waals surface area contributed by atoms with E-state index in [4.69, 9.17) is 5.11 Å². The van der Waals surface area contributed by atoms with Gasteiger partial charge in [0.2, 0.25) is 5.91 Å². The Balaban J connectivity index is 0.000000294. The second kappa shape index (κ2) is 14.8. The molecule has 2 fully saturated rings. The number of aliphatic carboxylic acids is 1. The van der Waals surface area contributed by atoms with Crippen LogP contribution in [0.4, 0.5) is 0 Å². The van der Waals surface area contributed by atoms with Crippen molar-refractivity contribution in [1.29, 1.82) is 0 Å². The van der Waals surface area contributed by atoms with Gasteiger partial charge in [0.1, 0.15) is 12.1 Å². The van der Waals surface area contributed by atoms with Gasteiger partial charge in [-0.15, -0.1) is 0 Å². The van der Waals surface area contributed by atoms with Gasteiger partial charge < -0.3 is 20.8 Å². The van der Waals surface area contributed by atoms with Gasteiger partial charge in [0, 0.05) is 31.3 Å². The maximum absolute atomic E-state index is 11.0. The van der Waals surface area contributed by atoms with E-state index in [-0.39, 0.29) is 12.3 Å². The third-order valence-corrected chi connectivity index (χ3v) is 5.69. The number of imide groups is 1. The maximum Gasteiger partial charge on any atom is 0.321 e. The van der Waals surface area contributed by atoms with Gasteiger partial charge in [0.25, 0.3) is 5.91 Å². The third-order valence-electron chi connectivity index (χ3n) is 5.32. The molecule has 0 aromatic rings. The number of nitrogens with one attached hydrogen (secondary N) is 3. The Labute approximate surface area is 179 Å². The van der Waals surface area contributed by atoms with E-state index < -0.39 is 29.9 Å². The Morgan fingerprint density at radius 1 is 0.966 bits per heavy atom. The Morgan fingerprint density at radius 3 is 1.83 bits per heavy atom. The average Bonchev–Trinajstić information content (AvgIpc) is 2.69. The Bertz CT molecular complexity index is 492. The first-order valence-electron chi connectivity index (χ1n) is 10.7. The molecule has 0 aromatic heterocycles. The van der Waals surface area contributed by atoms with Crippen molar-refractivity contribution in [2.45, 2.75) is 95.4 Å². The number of carboxylic acids is 1. The summed E-state index contributed by atoms with van der Waals surface area (Å²) in [5.74, 6) is -2.57. The minimum absolute atomic E-state index is 0.0242. The van der Waals surface area contributed by atoms with Gasteiger partial charge in [-0.3, -0.25) is 19.7 Å². The van der Waals surface area contributed by atoms with Gasteiger partial charge in [0.15, 0.2) is 0 Å². The molecule has 2 aliphatic carbocycles. The minimum atomic E-state index is -1.48. The summed E-state index contributed by atoms with van der Waals surface area (Å²) in [7, 11) is 0. The van der Waals surface area contributed by atoms with E-state index >= 15 is 0 Å². The number of carbonyl (C=O) groups excluding carboxylic acids is 2. The Morgan fingerprint density at radius 2 is 1.45 bits per heavy atom. The molecule has 0 aromatic carbocycles. The number of thiol groups is 1. The van der Waals surface area contributed by atoms with E-state index in [9.17, 15) is 19.5 Å². The lowest BCUT2D eigenvalue weighted by Gasteiger charge is -2.30. The van der Waals surface area contributed by atoms with Crippen LogP contribution in [0.3, 0.4) is 0 Å². The highest BCUT2D eigenvalue weighted by Gasteiger charge is 2.21. The lowest BCUT2D eigenvalue weighted by molar-refractivity contribution is -0.140. The Hall–Kier alpha value is -1.16. The molecule has 0 saturated heterocycles. The van der Waals surface area contributed by atoms with Gasteiger partial charge in [0.05, 0.1) is 0 Å². The molecular weight excluding hydrogens is 394 g/mol. The quantitative estimate of drug-likeness (QED) is 0.319. The van der Waals surface area contributed by atoms with Crippen LogP contribution in [-0.2, 0) is 14.4 Å². The molecule has 2 atom stereocenters. The van der Waals surface area contributed by atoms with Crippen molar-refractivity contribution in [2.24, 2.45) is 0 Å². The van der Waals surface area contributed by atoms with Gasteiger partial charge in [-0.25, -0.2) is 0 Å². The summed E-state index contributed by atoms with van der Waals surface area (Å²) in [4.78, 5) is 32.1. The topological polar surface area (TPSA) is 128 Å². The Kier molecular flexibility index (Phi) is 13.2. The second-order valence-corrected chi connectivity index (χ2v) is 8.24. The standard InChI is InChI=1S/C12H23N.C8H14N2O5S/c1-3-7-11(8-4-1)13-12-9-5-2-6-10-12;1-4(11)10-7(13)6(12)2-9-5(3-16)8(14)15/h11-13H,1-10H2;5-6,9,12,16H,2-3H2,1H3,(H,14,15)(H,10,11,13)/t;5-,6-/m.0/s1. The van der Waals surface area contributed by atoms with Crippen molar-refractivity contribution in [3.8, 4) is 0 Å². The van der Waals surface area contributed by atoms with Crippen LogP contribution in [0.25, 0.3) is 0 Å². The summed E-state index contributed by atoms with van der Waals surface area (Å²) in [6.07, 6.45) is 13.1. The van der Waals surface area contributed by atoms with Gasteiger partial charge in [-0.1, -0.05) is 38.5 Å². The first kappa shape index (κ1) is 25.9. The normalized spacial score (nSPS) is 20.1. The molecule has 8 nitrogen and oxygen atoms in total. The lowest BCUT2D eigenvalue weighted by Crippen LogP contribution is -2.47. The zero-order valence-corrected chi connectivity index (χ0v) is 18.3. The van der Waals surface area contributed by atoms with Crippen molar-refractivity contribution >= 4 is 30.4 Å². The summed E-state index contributed by atoms with van der Waals surface area (Å²) in [5.41, 5.74) is 0. The summed E-state index contributed by atoms with van der Waals surface area (Å²) < 4.78 is 0. The molecule has 0 bridgehead atoms. The predicted octanol–water partition coefficient (Wildman–Crippen LogP) is 1.22. The zero-order chi connectivity index (χ0) is 21.6. The molecule has 5 N–H and O–H groups in total. The first-order valence-corrected chi connectivity index (χ1v) is 11.3. The number of aliphatic hydroxyl groups is 1. The van der Waals surface area contributed by atoms with Crippen LogP contribution >= 0.6 is 12.6 Å². The minimum Gasteiger partial charge on any atom is -0.480 e. The highest BCUT2D eigenvalue weighted by molar-refractivity contribution is 7.80. The highest BCUT2D eigenvalue weighted by Crippen LogP contribution is 2.22. The molecular formula is C20H37N3O5S. The smallest absolute Gasteiger partial charge is 0.321 e. The van der Waals surface area contributed by atoms with Crippen LogP contribution in [0.1, 0.15) is 71.1 Å². The lowest BCUT2D eigenvalue weighted by atomic mass is 9.91. The van der Waals surface area contributed by atoms with E-state index in [0.29, 0.717) is 0 Å². The van der Waals surface area contributed by atoms with Gasteiger partial charge in [-0.05, 0) is 25.7 Å². The van der Waals surface area contributed by atoms with Crippen LogP contribution in [0, 0.1) is 0 Å². The number of hydrogen-bond donors (Lipinski definition) is 6. The zero-order valence-electron chi connectivity index (χ0n) is 17.4. The molecule has 0 unspecified atom stereocenters. The molecule has 168 valence electrons. The predicted molar refractivity (Wildman–Crippen MR) is 115 cm³/mol. The fourth-order valence-electron chi connectivity index (χ4n) is 3.71. The van der Waals surface area contributed by atoms with E-state index in [1.165, 1.54) is 64.2 Å². The second-order valence-electron chi connectivity index (χ2n) is 7.88. The van der Waals surface area contributed by atoms with Crippen LogP contribution in [0.5, 0.6) is 0 Å². The number of aliphatic hydroxyl groups excluding tert-OH is 1. The van der Waals surface area contributed by atoms with Gasteiger partial charge >= 0.3 is 5.97 Å². The van der Waals surface area contributed by atoms with Crippen molar-refractivity contribution in [2.75, 3.05) is 12.3 Å². The molecule has 2 rings (SSSR count). The average molecular weight is 432 g/mol. The fraction of sp³-hybridized carbons (Fsp3) is 0.850. The number of carboxylic acid groups (broad SMARTS) is 1. The number of rotatable bonds is 8. The SMILES string of the molecule is C1CCC(NC2CCCCC2)CC1.CC(=O)NC(=O)[C@@H](O)CN[C@@H](CS)C(=O)O. The van der Waals surface area contributed by atoms with Gasteiger partial charge in [-0.2, -0.15) is 12.6 Å². The fourth-order valence-corrected chi connectivity index (χ4v) is 3.99. The monoisotopic (exact) mass is 431 g/mol. The van der Waals surface area contributed by atoms with E-state index in [1.807, 2.05) is 5.32 Å². The van der Waals surface area contributed by atoms with Crippen molar-refractivity contribution < 1.29 is 24.6 Å². The summed E-state index contributed by atoms with van der Waals surface area (Å²) in [6, 6.07) is 0.789. The third kappa shape index (κ3) is 11.6. The van der Waals surface area contributed by atoms with Crippen LogP contribution in [-0.4, -0.2) is 64.5 Å². The first-order chi connectivity index (χ1) is 13.8. The number of amides is 2. The molecule has 0 radical (unpaired) electrons. The van der Waals surface area contributed by atoms with Crippen molar-refractivity contribution in [3.63, 3.8) is 0 Å². The molecule has 2 amide bonds. The highest BCUT2D eigenvalue weighted by atomic mass is 32.1. The van der Waals surface area contributed by atoms with E-state index in [1.54, 1.807) is 0 Å². The summed E-state index contributed by atoms with van der Waals surface area (Å²) in [5, 5.41) is 26.0. The van der Waals surface area contributed by atoms with Crippen LogP contribution in [0.2, 0.25) is 0 Å². The molecule has 0 spiro atoms. The molecule has 9 heteroatoms. The molecule has 29 heavy (non-hydrogen) atoms. The summed E-state index contributed by atoms with van der Waals surface area (Å²) in [6.45, 7) is 0.864. The van der Waals surface area contributed by atoms with Crippen LogP contribution in [0.15, 0.2) is 0 Å². The molecule has 0 heterocycles. The summed E-state index contributed by atoms with van der Waals surface area (Å²) >= 11 is 3.79. The molecule has 2 aliphatic rings. The molecule has 2 saturated carbocycles. The number of carbonyl (C=O) groups is 3. The maximum atomic E-state index is 11.0. The van der Waals surface area contributed by atoms with E-state index in [0.717, 1.165) is 19.0 Å². The largest absolute Gasteiger partial charge is 0.480 e. The van der Waals surface area contributed by atoms with Crippen LogP contribution < -0.4 is 16.0 Å². The van der Waals surface area contributed by atoms with Crippen molar-refractivity contribution in [1.82, 2.24) is 16.0 Å². The van der Waals surface area contributed by atoms with Crippen molar-refractivity contribution in [3.05, 3.63) is 0 Å².